The molecule has 0 saturated carbocycles. The summed E-state index contributed by atoms with van der Waals surface area (Å²) < 4.78 is 2.14. The highest BCUT2D eigenvalue weighted by atomic mass is 15.3. The summed E-state index contributed by atoms with van der Waals surface area (Å²) in [6.45, 7) is 4.17. The molecule has 0 aliphatic carbocycles. The topological polar surface area (TPSA) is 33.1 Å². The Hall–Kier alpha value is -2.17. The van der Waals surface area contributed by atoms with Crippen LogP contribution in [0.4, 0.5) is 0 Å². The van der Waals surface area contributed by atoms with Crippen molar-refractivity contribution in [2.45, 2.75) is 12.5 Å². The molecule has 124 valence electrons. The van der Waals surface area contributed by atoms with Crippen molar-refractivity contribution in [3.05, 3.63) is 66.2 Å². The van der Waals surface area contributed by atoms with Crippen LogP contribution >= 0.6 is 0 Å². The van der Waals surface area contributed by atoms with Crippen LogP contribution in [0.15, 0.2) is 54.9 Å². The zero-order valence-electron chi connectivity index (χ0n) is 14.2. The molecule has 1 aliphatic rings. The number of imidazole rings is 1. The Labute approximate surface area is 143 Å². The lowest BCUT2D eigenvalue weighted by atomic mass is 10.0. The van der Waals surface area contributed by atoms with Gasteiger partial charge in [-0.1, -0.05) is 42.5 Å². The highest BCUT2D eigenvalue weighted by molar-refractivity contribution is 5.82. The summed E-state index contributed by atoms with van der Waals surface area (Å²) in [4.78, 5) is 7.13. The second-order valence-corrected chi connectivity index (χ2v) is 6.58. The molecular formula is C20H24N4. The molecule has 0 amide bonds. The molecule has 1 fully saturated rings. The van der Waals surface area contributed by atoms with Gasteiger partial charge in [-0.25, -0.2) is 4.98 Å². The summed E-state index contributed by atoms with van der Waals surface area (Å²) in [5.74, 6) is 1.15. The molecule has 24 heavy (non-hydrogen) atoms. The monoisotopic (exact) mass is 320 g/mol. The van der Waals surface area contributed by atoms with Gasteiger partial charge >= 0.3 is 0 Å². The molecule has 0 bridgehead atoms. The largest absolute Gasteiger partial charge is 0.337 e. The summed E-state index contributed by atoms with van der Waals surface area (Å²) in [6, 6.07) is 15.8. The van der Waals surface area contributed by atoms with E-state index in [1.165, 1.54) is 16.3 Å². The fraction of sp³-hybridized carbons (Fsp3) is 0.350. The van der Waals surface area contributed by atoms with Gasteiger partial charge < -0.3 is 9.88 Å². The normalized spacial score (nSPS) is 19.0. The van der Waals surface area contributed by atoms with Crippen molar-refractivity contribution < 1.29 is 0 Å². The van der Waals surface area contributed by atoms with E-state index >= 15 is 0 Å². The third-order valence-corrected chi connectivity index (χ3v) is 5.01. The zero-order valence-corrected chi connectivity index (χ0v) is 14.2. The van der Waals surface area contributed by atoms with Crippen molar-refractivity contribution in [2.75, 3.05) is 26.2 Å². The smallest absolute Gasteiger partial charge is 0.127 e. The predicted molar refractivity (Wildman–Crippen MR) is 98.0 cm³/mol. The van der Waals surface area contributed by atoms with Crippen LogP contribution in [0.5, 0.6) is 0 Å². The summed E-state index contributed by atoms with van der Waals surface area (Å²) >= 11 is 0. The van der Waals surface area contributed by atoms with Crippen LogP contribution in [0.2, 0.25) is 0 Å². The summed E-state index contributed by atoms with van der Waals surface area (Å²) in [6.07, 6.45) is 5.00. The van der Waals surface area contributed by atoms with Crippen LogP contribution in [-0.2, 0) is 13.5 Å². The number of aromatic nitrogens is 2. The van der Waals surface area contributed by atoms with E-state index in [-0.39, 0.29) is 0 Å². The number of nitrogens with zero attached hydrogens (tertiary/aromatic N) is 3. The standard InChI is InChI=1S/C20H24N4/c1-23-12-10-22-20(23)19-15-21-9-13-24(19)11-8-16-6-7-17-4-2-3-5-18(17)14-16/h2-7,10,12,14,19,21H,8-9,11,13,15H2,1H3. The Kier molecular flexibility index (Phi) is 4.32. The van der Waals surface area contributed by atoms with Gasteiger partial charge in [-0.2, -0.15) is 0 Å². The Balaban J connectivity index is 1.49. The van der Waals surface area contributed by atoms with Gasteiger partial charge in [0.05, 0.1) is 6.04 Å². The van der Waals surface area contributed by atoms with E-state index in [0.717, 1.165) is 38.4 Å². The average Bonchev–Trinajstić information content (AvgIpc) is 3.06. The van der Waals surface area contributed by atoms with Crippen molar-refractivity contribution in [3.8, 4) is 0 Å². The van der Waals surface area contributed by atoms with E-state index in [2.05, 4.69) is 69.3 Å². The van der Waals surface area contributed by atoms with Gasteiger partial charge in [0.2, 0.25) is 0 Å². The number of fused-ring (bicyclic) bond motifs is 1. The maximum absolute atomic E-state index is 4.57. The van der Waals surface area contributed by atoms with Crippen LogP contribution in [-0.4, -0.2) is 40.6 Å². The number of nitrogens with one attached hydrogen (secondary N) is 1. The molecule has 1 aromatic heterocycles. The first-order valence-corrected chi connectivity index (χ1v) is 8.71. The van der Waals surface area contributed by atoms with E-state index in [0.29, 0.717) is 6.04 Å². The maximum atomic E-state index is 4.57. The molecule has 2 heterocycles. The van der Waals surface area contributed by atoms with Crippen LogP contribution < -0.4 is 5.32 Å². The number of hydrogen-bond donors (Lipinski definition) is 1. The molecule has 4 nitrogen and oxygen atoms in total. The van der Waals surface area contributed by atoms with Crippen molar-refractivity contribution in [2.24, 2.45) is 7.05 Å². The molecule has 0 spiro atoms. The lowest BCUT2D eigenvalue weighted by molar-refractivity contribution is 0.155. The molecule has 1 unspecified atom stereocenters. The Morgan fingerprint density at radius 3 is 2.88 bits per heavy atom. The molecule has 0 radical (unpaired) electrons. The van der Waals surface area contributed by atoms with E-state index < -0.39 is 0 Å². The highest BCUT2D eigenvalue weighted by Gasteiger charge is 2.26. The fourth-order valence-electron chi connectivity index (χ4n) is 3.63. The van der Waals surface area contributed by atoms with Gasteiger partial charge in [0.1, 0.15) is 5.82 Å². The van der Waals surface area contributed by atoms with Crippen molar-refractivity contribution in [1.29, 1.82) is 0 Å². The number of hydrogen-bond acceptors (Lipinski definition) is 3. The van der Waals surface area contributed by atoms with E-state index in [9.17, 15) is 0 Å². The fourth-order valence-corrected chi connectivity index (χ4v) is 3.63. The molecule has 1 saturated heterocycles. The van der Waals surface area contributed by atoms with Crippen LogP contribution in [0.1, 0.15) is 17.4 Å². The highest BCUT2D eigenvalue weighted by Crippen LogP contribution is 2.21. The Morgan fingerprint density at radius 1 is 1.17 bits per heavy atom. The first kappa shape index (κ1) is 15.4. The molecule has 1 aliphatic heterocycles. The third kappa shape index (κ3) is 3.07. The van der Waals surface area contributed by atoms with Gasteiger partial charge in [-0.15, -0.1) is 0 Å². The molecular weight excluding hydrogens is 296 g/mol. The van der Waals surface area contributed by atoms with E-state index in [4.69, 9.17) is 0 Å². The molecule has 1 atom stereocenters. The van der Waals surface area contributed by atoms with Crippen LogP contribution in [0.3, 0.4) is 0 Å². The Bertz CT molecular complexity index is 823. The van der Waals surface area contributed by atoms with Gasteiger partial charge in [-0.05, 0) is 22.8 Å². The van der Waals surface area contributed by atoms with Crippen molar-refractivity contribution >= 4 is 10.8 Å². The van der Waals surface area contributed by atoms with Crippen molar-refractivity contribution in [3.63, 3.8) is 0 Å². The van der Waals surface area contributed by atoms with Gasteiger partial charge in [0, 0.05) is 45.6 Å². The summed E-state index contributed by atoms with van der Waals surface area (Å²) in [5, 5.41) is 6.15. The first-order chi connectivity index (χ1) is 11.8. The molecule has 1 N–H and O–H groups in total. The zero-order chi connectivity index (χ0) is 16.4. The van der Waals surface area contributed by atoms with Crippen LogP contribution in [0.25, 0.3) is 10.8 Å². The SMILES string of the molecule is Cn1ccnc1C1CNCCN1CCc1ccc2ccccc2c1. The number of aryl methyl sites for hydroxylation is 1. The van der Waals surface area contributed by atoms with Gasteiger partial charge in [0.25, 0.3) is 0 Å². The van der Waals surface area contributed by atoms with Gasteiger partial charge in [-0.3, -0.25) is 4.90 Å². The minimum atomic E-state index is 0.360. The third-order valence-electron chi connectivity index (χ3n) is 5.01. The van der Waals surface area contributed by atoms with Gasteiger partial charge in [0.15, 0.2) is 0 Å². The predicted octanol–water partition coefficient (Wildman–Crippen LogP) is 2.76. The quantitative estimate of drug-likeness (QED) is 0.802. The molecule has 3 aromatic rings. The summed E-state index contributed by atoms with van der Waals surface area (Å²) in [7, 11) is 2.08. The van der Waals surface area contributed by atoms with E-state index in [1.807, 2.05) is 12.4 Å². The van der Waals surface area contributed by atoms with Crippen LogP contribution in [0, 0.1) is 0 Å². The lowest BCUT2D eigenvalue weighted by Gasteiger charge is -2.35. The first-order valence-electron chi connectivity index (χ1n) is 8.71. The molecule has 2 aromatic carbocycles. The maximum Gasteiger partial charge on any atom is 0.127 e. The molecule has 4 heteroatoms. The number of piperazine rings is 1. The summed E-state index contributed by atoms with van der Waals surface area (Å²) in [5.41, 5.74) is 1.41. The van der Waals surface area contributed by atoms with E-state index in [1.54, 1.807) is 0 Å². The second-order valence-electron chi connectivity index (χ2n) is 6.58. The minimum Gasteiger partial charge on any atom is -0.337 e. The van der Waals surface area contributed by atoms with Crippen molar-refractivity contribution in [1.82, 2.24) is 19.8 Å². The average molecular weight is 320 g/mol. The number of rotatable bonds is 4. The molecule has 4 rings (SSSR count). The lowest BCUT2D eigenvalue weighted by Crippen LogP contribution is -2.47. The Morgan fingerprint density at radius 2 is 2.04 bits per heavy atom. The second kappa shape index (κ2) is 6.75. The number of benzene rings is 2. The minimum absolute atomic E-state index is 0.360.